The standard InChI is InChI=1S/C33H35N3O11/c1-4-22-18-21(14-15-24(22)36(29(39)31(42)43)25-11-6-5-10-23(25)30(40)41)19-35(20(2)37)33(45)34-16-7-8-17-47-27-13-9-12-26(38)28(27)32(44)46-3/h5-6,9-15,18,38H,4,7-8,16-17,19H2,1-3H3,(H,34,45)(H,40,41)(H,42,43). The first-order valence-corrected chi connectivity index (χ1v) is 14.5. The first kappa shape index (κ1) is 35.6. The lowest BCUT2D eigenvalue weighted by Crippen LogP contribution is -2.42. The van der Waals surface area contributed by atoms with Crippen molar-refractivity contribution in [3.05, 3.63) is 82.9 Å². The number of methoxy groups -OCH3 is 1. The molecular formula is C33H35N3O11. The second-order valence-electron chi connectivity index (χ2n) is 10.1. The van der Waals surface area contributed by atoms with Gasteiger partial charge >= 0.3 is 29.8 Å². The van der Waals surface area contributed by atoms with Gasteiger partial charge in [0, 0.05) is 13.5 Å². The number of ether oxygens (including phenoxy) is 2. The van der Waals surface area contributed by atoms with Gasteiger partial charge in [0.1, 0.15) is 17.1 Å². The Morgan fingerprint density at radius 2 is 1.62 bits per heavy atom. The number of carbonyl (C=O) groups is 6. The maximum Gasteiger partial charge on any atom is 0.395 e. The molecule has 0 saturated carbocycles. The van der Waals surface area contributed by atoms with Gasteiger partial charge in [0.05, 0.1) is 37.2 Å². The number of phenols is 1. The number of carbonyl (C=O) groups excluding carboxylic acids is 4. The normalized spacial score (nSPS) is 10.4. The van der Waals surface area contributed by atoms with E-state index >= 15 is 0 Å². The first-order chi connectivity index (χ1) is 22.4. The van der Waals surface area contributed by atoms with Crippen LogP contribution in [0, 0.1) is 0 Å². The quantitative estimate of drug-likeness (QED) is 0.118. The molecule has 0 spiro atoms. The number of benzene rings is 3. The van der Waals surface area contributed by atoms with E-state index in [-0.39, 0.29) is 53.7 Å². The molecule has 0 atom stereocenters. The lowest BCUT2D eigenvalue weighted by molar-refractivity contribution is -0.148. The smallest absolute Gasteiger partial charge is 0.395 e. The summed E-state index contributed by atoms with van der Waals surface area (Å²) < 4.78 is 10.3. The van der Waals surface area contributed by atoms with Crippen molar-refractivity contribution in [2.75, 3.05) is 25.2 Å². The third kappa shape index (κ3) is 8.84. The number of nitrogens with zero attached hydrogens (tertiary/aromatic N) is 2. The maximum absolute atomic E-state index is 12.9. The second-order valence-corrected chi connectivity index (χ2v) is 10.1. The van der Waals surface area contributed by atoms with Crippen molar-refractivity contribution in [1.82, 2.24) is 10.2 Å². The van der Waals surface area contributed by atoms with E-state index in [1.807, 2.05) is 0 Å². The number of imide groups is 1. The van der Waals surface area contributed by atoms with Crippen LogP contribution in [0.15, 0.2) is 60.7 Å². The van der Waals surface area contributed by atoms with E-state index in [2.05, 4.69) is 10.1 Å². The Kier molecular flexibility index (Phi) is 12.4. The number of nitrogens with one attached hydrogen (secondary N) is 1. The number of hydrogen-bond acceptors (Lipinski definition) is 9. The topological polar surface area (TPSA) is 200 Å². The highest BCUT2D eigenvalue weighted by Crippen LogP contribution is 2.33. The summed E-state index contributed by atoms with van der Waals surface area (Å²) >= 11 is 0. The maximum atomic E-state index is 12.9. The van der Waals surface area contributed by atoms with Crippen molar-refractivity contribution >= 4 is 47.1 Å². The lowest BCUT2D eigenvalue weighted by atomic mass is 10.0. The third-order valence-corrected chi connectivity index (χ3v) is 6.99. The van der Waals surface area contributed by atoms with Gasteiger partial charge in [-0.2, -0.15) is 0 Å². The van der Waals surface area contributed by atoms with Crippen molar-refractivity contribution < 1.29 is 53.6 Å². The van der Waals surface area contributed by atoms with E-state index in [1.54, 1.807) is 13.0 Å². The summed E-state index contributed by atoms with van der Waals surface area (Å²) in [6, 6.07) is 13.8. The SMILES string of the molecule is CCc1cc(CN(C(C)=O)C(=O)NCCCCOc2cccc(O)c2C(=O)OC)ccc1N(C(=O)C(=O)O)c1ccccc1C(=O)O. The first-order valence-electron chi connectivity index (χ1n) is 14.5. The van der Waals surface area contributed by atoms with Crippen molar-refractivity contribution in [1.29, 1.82) is 0 Å². The highest BCUT2D eigenvalue weighted by atomic mass is 16.5. The predicted molar refractivity (Wildman–Crippen MR) is 168 cm³/mol. The molecule has 0 aliphatic heterocycles. The van der Waals surface area contributed by atoms with Crippen molar-refractivity contribution in [3.8, 4) is 11.5 Å². The number of urea groups is 1. The molecule has 0 aliphatic rings. The number of aromatic hydroxyl groups is 1. The van der Waals surface area contributed by atoms with Gasteiger partial charge < -0.3 is 30.1 Å². The number of carboxylic acid groups (broad SMARTS) is 2. The van der Waals surface area contributed by atoms with Gasteiger partial charge in [-0.1, -0.05) is 37.3 Å². The van der Waals surface area contributed by atoms with Gasteiger partial charge in [-0.05, 0) is 60.7 Å². The van der Waals surface area contributed by atoms with E-state index in [9.17, 15) is 44.1 Å². The zero-order chi connectivity index (χ0) is 34.7. The predicted octanol–water partition coefficient (Wildman–Crippen LogP) is 4.11. The van der Waals surface area contributed by atoms with Crippen LogP contribution in [-0.4, -0.2) is 76.2 Å². The van der Waals surface area contributed by atoms with Gasteiger partial charge in [0.2, 0.25) is 5.91 Å². The van der Waals surface area contributed by atoms with Crippen LogP contribution >= 0.6 is 0 Å². The Balaban J connectivity index is 1.69. The van der Waals surface area contributed by atoms with Gasteiger partial charge in [-0.3, -0.25) is 19.4 Å². The highest BCUT2D eigenvalue weighted by Gasteiger charge is 2.30. The molecule has 47 heavy (non-hydrogen) atoms. The summed E-state index contributed by atoms with van der Waals surface area (Å²) in [4.78, 5) is 75.5. The fourth-order valence-electron chi connectivity index (χ4n) is 4.69. The monoisotopic (exact) mass is 649 g/mol. The molecule has 0 aromatic heterocycles. The van der Waals surface area contributed by atoms with Gasteiger partial charge in [0.25, 0.3) is 0 Å². The Hall–Kier alpha value is -5.92. The minimum Gasteiger partial charge on any atom is -0.507 e. The van der Waals surface area contributed by atoms with Crippen LogP contribution in [0.1, 0.15) is 58.5 Å². The van der Waals surface area contributed by atoms with Gasteiger partial charge in [-0.15, -0.1) is 0 Å². The third-order valence-electron chi connectivity index (χ3n) is 6.99. The summed E-state index contributed by atoms with van der Waals surface area (Å²) in [6.45, 7) is 3.22. The fraction of sp³-hybridized carbons (Fsp3) is 0.273. The molecule has 4 N–H and O–H groups in total. The molecule has 0 fully saturated rings. The molecule has 14 nitrogen and oxygen atoms in total. The molecule has 0 radical (unpaired) electrons. The Labute approximate surface area is 270 Å². The van der Waals surface area contributed by atoms with E-state index in [0.717, 1.165) is 9.80 Å². The molecule has 3 rings (SSSR count). The number of esters is 1. The zero-order valence-corrected chi connectivity index (χ0v) is 26.0. The molecule has 3 aromatic carbocycles. The number of aromatic carboxylic acids is 1. The molecule has 14 heteroatoms. The highest BCUT2D eigenvalue weighted by molar-refractivity contribution is 6.39. The van der Waals surface area contributed by atoms with Crippen molar-refractivity contribution in [3.63, 3.8) is 0 Å². The van der Waals surface area contributed by atoms with Crippen molar-refractivity contribution in [2.24, 2.45) is 0 Å². The summed E-state index contributed by atoms with van der Waals surface area (Å²) in [5.41, 5.74) is 0.628. The largest absolute Gasteiger partial charge is 0.507 e. The van der Waals surface area contributed by atoms with Crippen molar-refractivity contribution in [2.45, 2.75) is 39.7 Å². The van der Waals surface area contributed by atoms with Crippen LogP contribution in [0.3, 0.4) is 0 Å². The molecule has 248 valence electrons. The molecule has 0 heterocycles. The molecule has 0 bridgehead atoms. The second kappa shape index (κ2) is 16.4. The number of hydrogen-bond donors (Lipinski definition) is 4. The van der Waals surface area contributed by atoms with Crippen LogP contribution in [0.5, 0.6) is 11.5 Å². The number of unbranched alkanes of at least 4 members (excludes halogenated alkanes) is 1. The molecule has 0 unspecified atom stereocenters. The molecular weight excluding hydrogens is 614 g/mol. The average molecular weight is 650 g/mol. The number of phenolic OH excluding ortho intramolecular Hbond substituents is 1. The Morgan fingerprint density at radius 3 is 2.26 bits per heavy atom. The van der Waals surface area contributed by atoms with Crippen LogP contribution in [0.25, 0.3) is 0 Å². The number of anilines is 2. The summed E-state index contributed by atoms with van der Waals surface area (Å²) in [5, 5.41) is 31.8. The number of carboxylic acids is 2. The van der Waals surface area contributed by atoms with Crippen LogP contribution in [0.4, 0.5) is 16.2 Å². The van der Waals surface area contributed by atoms with E-state index < -0.39 is 35.8 Å². The average Bonchev–Trinajstić information content (AvgIpc) is 3.05. The minimum atomic E-state index is -1.78. The van der Waals surface area contributed by atoms with E-state index in [1.165, 1.54) is 68.6 Å². The Morgan fingerprint density at radius 1 is 0.894 bits per heavy atom. The van der Waals surface area contributed by atoms with Crippen LogP contribution in [0.2, 0.25) is 0 Å². The van der Waals surface area contributed by atoms with Crippen LogP contribution in [-0.2, 0) is 32.1 Å². The molecule has 3 aromatic rings. The number of aryl methyl sites for hydroxylation is 1. The number of rotatable bonds is 13. The summed E-state index contributed by atoms with van der Waals surface area (Å²) in [6.07, 6.45) is 1.23. The molecule has 0 saturated heterocycles. The minimum absolute atomic E-state index is 0.0917. The van der Waals surface area contributed by atoms with Gasteiger partial charge in [0.15, 0.2) is 0 Å². The van der Waals surface area contributed by atoms with E-state index in [4.69, 9.17) is 4.74 Å². The van der Waals surface area contributed by atoms with E-state index in [0.29, 0.717) is 30.4 Å². The number of para-hydroxylation sites is 1. The zero-order valence-electron chi connectivity index (χ0n) is 26.0. The van der Waals surface area contributed by atoms with Crippen LogP contribution < -0.4 is 15.0 Å². The van der Waals surface area contributed by atoms with Gasteiger partial charge in [-0.25, -0.2) is 19.2 Å². The Bertz CT molecular complexity index is 1670. The summed E-state index contributed by atoms with van der Waals surface area (Å²) in [7, 11) is 1.19. The number of amides is 4. The molecule has 4 amide bonds. The fourth-order valence-corrected chi connectivity index (χ4v) is 4.69. The summed E-state index contributed by atoms with van der Waals surface area (Å²) in [5.74, 6) is -5.90. The number of aliphatic carboxylic acids is 1. The molecule has 0 aliphatic carbocycles. The lowest BCUT2D eigenvalue weighted by Gasteiger charge is -2.26.